The Morgan fingerprint density at radius 2 is 1.85 bits per heavy atom. The van der Waals surface area contributed by atoms with Gasteiger partial charge in [0.05, 0.1) is 12.0 Å². The number of rotatable bonds is 6. The fourth-order valence-electron chi connectivity index (χ4n) is 1.05. The van der Waals surface area contributed by atoms with Crippen molar-refractivity contribution in [3.8, 4) is 0 Å². The van der Waals surface area contributed by atoms with Gasteiger partial charge in [-0.2, -0.15) is 0 Å². The molecule has 0 amide bonds. The molecule has 0 saturated heterocycles. The minimum atomic E-state index is -1.05. The Hall–Kier alpha value is -1.10. The Labute approximate surface area is 76.0 Å². The van der Waals surface area contributed by atoms with E-state index < -0.39 is 24.0 Å². The first-order chi connectivity index (χ1) is 5.93. The highest BCUT2D eigenvalue weighted by Gasteiger charge is 2.20. The van der Waals surface area contributed by atoms with Gasteiger partial charge in [-0.25, -0.2) is 0 Å². The van der Waals surface area contributed by atoms with E-state index >= 15 is 0 Å². The molecule has 0 aliphatic rings. The molecule has 13 heavy (non-hydrogen) atoms. The standard InChI is InChI=1S/C8H14O5/c1-5(9)4-6(8(12)13)2-3-7(10)11/h5-6,9H,2-4H2,1H3,(H,10,11)(H,12,13). The van der Waals surface area contributed by atoms with E-state index in [0.29, 0.717) is 0 Å². The van der Waals surface area contributed by atoms with Crippen molar-refractivity contribution in [1.29, 1.82) is 0 Å². The van der Waals surface area contributed by atoms with Crippen LogP contribution in [0.5, 0.6) is 0 Å². The molecule has 0 saturated carbocycles. The second kappa shape index (κ2) is 5.53. The quantitative estimate of drug-likeness (QED) is 0.560. The molecule has 5 nitrogen and oxygen atoms in total. The van der Waals surface area contributed by atoms with Crippen molar-refractivity contribution in [1.82, 2.24) is 0 Å². The molecule has 3 N–H and O–H groups in total. The van der Waals surface area contributed by atoms with Crippen LogP contribution in [0.3, 0.4) is 0 Å². The first-order valence-electron chi connectivity index (χ1n) is 4.06. The van der Waals surface area contributed by atoms with Crippen molar-refractivity contribution in [2.24, 2.45) is 5.92 Å². The van der Waals surface area contributed by atoms with E-state index in [2.05, 4.69) is 0 Å². The zero-order valence-electron chi connectivity index (χ0n) is 7.43. The van der Waals surface area contributed by atoms with Crippen LogP contribution in [0.1, 0.15) is 26.2 Å². The molecule has 0 aromatic rings. The molecule has 0 aromatic carbocycles. The minimum absolute atomic E-state index is 0.0650. The molecule has 2 atom stereocenters. The van der Waals surface area contributed by atoms with Crippen LogP contribution in [0.4, 0.5) is 0 Å². The zero-order valence-corrected chi connectivity index (χ0v) is 7.43. The Morgan fingerprint density at radius 1 is 1.31 bits per heavy atom. The number of hydrogen-bond acceptors (Lipinski definition) is 3. The van der Waals surface area contributed by atoms with Crippen molar-refractivity contribution >= 4 is 11.9 Å². The normalized spacial score (nSPS) is 14.9. The number of hydrogen-bond donors (Lipinski definition) is 3. The predicted molar refractivity (Wildman–Crippen MR) is 44.3 cm³/mol. The maximum Gasteiger partial charge on any atom is 0.306 e. The third-order valence-electron chi connectivity index (χ3n) is 1.68. The van der Waals surface area contributed by atoms with E-state index in [1.54, 1.807) is 0 Å². The largest absolute Gasteiger partial charge is 0.481 e. The second-order valence-electron chi connectivity index (χ2n) is 3.05. The van der Waals surface area contributed by atoms with Crippen LogP contribution >= 0.6 is 0 Å². The van der Waals surface area contributed by atoms with E-state index in [1.807, 2.05) is 0 Å². The number of aliphatic carboxylic acids is 2. The first kappa shape index (κ1) is 11.9. The molecule has 0 aliphatic carbocycles. The molecular formula is C8H14O5. The Balaban J connectivity index is 3.95. The van der Waals surface area contributed by atoms with E-state index in [4.69, 9.17) is 15.3 Å². The summed E-state index contributed by atoms with van der Waals surface area (Å²) in [5.41, 5.74) is 0. The van der Waals surface area contributed by atoms with Crippen LogP contribution < -0.4 is 0 Å². The van der Waals surface area contributed by atoms with Crippen LogP contribution in [-0.2, 0) is 9.59 Å². The summed E-state index contributed by atoms with van der Waals surface area (Å²) in [6.07, 6.45) is -0.725. The monoisotopic (exact) mass is 190 g/mol. The van der Waals surface area contributed by atoms with Gasteiger partial charge in [0.15, 0.2) is 0 Å². The zero-order chi connectivity index (χ0) is 10.4. The lowest BCUT2D eigenvalue weighted by Crippen LogP contribution is -2.20. The summed E-state index contributed by atoms with van der Waals surface area (Å²) in [4.78, 5) is 20.7. The number of aliphatic hydroxyl groups is 1. The van der Waals surface area contributed by atoms with E-state index in [0.717, 1.165) is 0 Å². The minimum Gasteiger partial charge on any atom is -0.481 e. The highest BCUT2D eigenvalue weighted by Crippen LogP contribution is 2.13. The maximum atomic E-state index is 10.5. The van der Waals surface area contributed by atoms with Gasteiger partial charge in [0.2, 0.25) is 0 Å². The van der Waals surface area contributed by atoms with Crippen molar-refractivity contribution in [3.05, 3.63) is 0 Å². The van der Waals surface area contributed by atoms with Gasteiger partial charge in [-0.05, 0) is 19.8 Å². The van der Waals surface area contributed by atoms with Gasteiger partial charge in [-0.1, -0.05) is 0 Å². The molecule has 0 heterocycles. The summed E-state index contributed by atoms with van der Waals surface area (Å²) in [5, 5.41) is 25.9. The SMILES string of the molecule is CC(O)CC(CCC(=O)O)C(=O)O. The first-order valence-corrected chi connectivity index (χ1v) is 4.06. The molecule has 76 valence electrons. The number of carboxylic acids is 2. The second-order valence-corrected chi connectivity index (χ2v) is 3.05. The summed E-state index contributed by atoms with van der Waals surface area (Å²) >= 11 is 0. The molecule has 0 aliphatic heterocycles. The molecule has 2 unspecified atom stereocenters. The van der Waals surface area contributed by atoms with Crippen LogP contribution in [0.2, 0.25) is 0 Å². The number of carboxylic acid groups (broad SMARTS) is 2. The lowest BCUT2D eigenvalue weighted by Gasteiger charge is -2.12. The lowest BCUT2D eigenvalue weighted by molar-refractivity contribution is -0.144. The van der Waals surface area contributed by atoms with Gasteiger partial charge in [0, 0.05) is 6.42 Å². The van der Waals surface area contributed by atoms with Gasteiger partial charge in [0.1, 0.15) is 0 Å². The summed E-state index contributed by atoms with van der Waals surface area (Å²) < 4.78 is 0. The van der Waals surface area contributed by atoms with Gasteiger partial charge >= 0.3 is 11.9 Å². The van der Waals surface area contributed by atoms with E-state index in [1.165, 1.54) is 6.92 Å². The van der Waals surface area contributed by atoms with E-state index in [9.17, 15) is 9.59 Å². The molecule has 0 radical (unpaired) electrons. The third-order valence-corrected chi connectivity index (χ3v) is 1.68. The molecule has 5 heteroatoms. The van der Waals surface area contributed by atoms with Gasteiger partial charge in [-0.3, -0.25) is 9.59 Å². The molecule has 0 aromatic heterocycles. The van der Waals surface area contributed by atoms with Crippen LogP contribution in [0.25, 0.3) is 0 Å². The summed E-state index contributed by atoms with van der Waals surface area (Å²) in [7, 11) is 0. The van der Waals surface area contributed by atoms with Gasteiger partial charge < -0.3 is 15.3 Å². The molecule has 0 rings (SSSR count). The van der Waals surface area contributed by atoms with Crippen molar-refractivity contribution in [2.75, 3.05) is 0 Å². The predicted octanol–water partition coefficient (Wildman–Crippen LogP) is 0.323. The van der Waals surface area contributed by atoms with Crippen molar-refractivity contribution in [2.45, 2.75) is 32.3 Å². The molecule has 0 spiro atoms. The fourth-order valence-corrected chi connectivity index (χ4v) is 1.05. The molecule has 0 fully saturated rings. The van der Waals surface area contributed by atoms with Crippen LogP contribution in [0, 0.1) is 5.92 Å². The topological polar surface area (TPSA) is 94.8 Å². The summed E-state index contributed by atoms with van der Waals surface area (Å²) in [6, 6.07) is 0. The van der Waals surface area contributed by atoms with Gasteiger partial charge in [0.25, 0.3) is 0 Å². The summed E-state index contributed by atoms with van der Waals surface area (Å²) in [5.74, 6) is -2.84. The highest BCUT2D eigenvalue weighted by molar-refractivity contribution is 5.72. The van der Waals surface area contributed by atoms with Crippen molar-refractivity contribution < 1.29 is 24.9 Å². The van der Waals surface area contributed by atoms with Gasteiger partial charge in [-0.15, -0.1) is 0 Å². The number of aliphatic hydroxyl groups excluding tert-OH is 1. The third kappa shape index (κ3) is 6.10. The summed E-state index contributed by atoms with van der Waals surface area (Å²) in [6.45, 7) is 1.48. The average molecular weight is 190 g/mol. The lowest BCUT2D eigenvalue weighted by atomic mass is 9.97. The smallest absolute Gasteiger partial charge is 0.306 e. The molecule has 0 bridgehead atoms. The van der Waals surface area contributed by atoms with Crippen LogP contribution in [-0.4, -0.2) is 33.4 Å². The van der Waals surface area contributed by atoms with Crippen molar-refractivity contribution in [3.63, 3.8) is 0 Å². The Kier molecular flexibility index (Phi) is 5.06. The van der Waals surface area contributed by atoms with Crippen LogP contribution in [0.15, 0.2) is 0 Å². The molecular weight excluding hydrogens is 176 g/mol. The average Bonchev–Trinajstić information content (AvgIpc) is 1.96. The highest BCUT2D eigenvalue weighted by atomic mass is 16.4. The Morgan fingerprint density at radius 3 is 2.15 bits per heavy atom. The van der Waals surface area contributed by atoms with E-state index in [-0.39, 0.29) is 19.3 Å². The maximum absolute atomic E-state index is 10.5. The Bertz CT molecular complexity index is 187. The number of carbonyl (C=O) groups is 2. The fraction of sp³-hybridized carbons (Fsp3) is 0.750.